The molecular weight excluding hydrogens is 307 g/mol. The van der Waals surface area contributed by atoms with Crippen molar-refractivity contribution in [3.05, 3.63) is 27.7 Å². The zero-order chi connectivity index (χ0) is 13.4. The third kappa shape index (κ3) is 2.89. The second-order valence-electron chi connectivity index (χ2n) is 3.20. The predicted octanol–water partition coefficient (Wildman–Crippen LogP) is 2.17. The highest BCUT2D eigenvalue weighted by atomic mass is 79.9. The maximum atomic E-state index is 12.5. The number of hydrogen-bond donors (Lipinski definition) is 3. The van der Waals surface area contributed by atoms with Crippen molar-refractivity contribution < 1.29 is 28.2 Å². The SMILES string of the molecule is Nc1cc(Br)c(C(F)(F)F)cc1C(O)C(=O)O. The third-order valence-electron chi connectivity index (χ3n) is 2.01. The summed E-state index contributed by atoms with van der Waals surface area (Å²) < 4.78 is 37.3. The Bertz CT molecular complexity index is 462. The number of hydrogen-bond acceptors (Lipinski definition) is 3. The first-order valence-corrected chi connectivity index (χ1v) is 5.01. The number of aliphatic hydroxyl groups excluding tert-OH is 1. The molecule has 0 heterocycles. The first-order valence-electron chi connectivity index (χ1n) is 4.21. The van der Waals surface area contributed by atoms with Crippen LogP contribution in [0.5, 0.6) is 0 Å². The molecule has 0 aliphatic carbocycles. The quantitative estimate of drug-likeness (QED) is 0.731. The van der Waals surface area contributed by atoms with E-state index in [1.54, 1.807) is 0 Å². The van der Waals surface area contributed by atoms with Gasteiger partial charge in [0.15, 0.2) is 6.10 Å². The summed E-state index contributed by atoms with van der Waals surface area (Å²) >= 11 is 2.67. The van der Waals surface area contributed by atoms with Gasteiger partial charge < -0.3 is 15.9 Å². The lowest BCUT2D eigenvalue weighted by molar-refractivity contribution is -0.147. The van der Waals surface area contributed by atoms with E-state index in [1.165, 1.54) is 0 Å². The van der Waals surface area contributed by atoms with Crippen molar-refractivity contribution in [3.63, 3.8) is 0 Å². The highest BCUT2D eigenvalue weighted by molar-refractivity contribution is 9.10. The number of nitrogen functional groups attached to an aromatic ring is 1. The van der Waals surface area contributed by atoms with Gasteiger partial charge in [-0.15, -0.1) is 0 Å². The zero-order valence-corrected chi connectivity index (χ0v) is 9.71. The first kappa shape index (κ1) is 13.8. The van der Waals surface area contributed by atoms with E-state index in [4.69, 9.17) is 10.8 Å². The molecule has 0 aliphatic rings. The van der Waals surface area contributed by atoms with Crippen molar-refractivity contribution in [1.82, 2.24) is 0 Å². The standard InChI is InChI=1S/C9H7BrF3NO3/c10-5-2-6(14)3(7(15)8(16)17)1-4(5)9(11,12)13/h1-2,7,15H,14H2,(H,16,17). The van der Waals surface area contributed by atoms with Gasteiger partial charge in [-0.05, 0) is 12.1 Å². The van der Waals surface area contributed by atoms with Crippen molar-refractivity contribution in [2.24, 2.45) is 0 Å². The average molecular weight is 314 g/mol. The first-order chi connectivity index (χ1) is 7.64. The second kappa shape index (κ2) is 4.53. The minimum Gasteiger partial charge on any atom is -0.479 e. The number of halogens is 4. The zero-order valence-electron chi connectivity index (χ0n) is 8.12. The number of aliphatic carboxylic acids is 1. The molecule has 0 spiro atoms. The van der Waals surface area contributed by atoms with Crippen LogP contribution in [0.25, 0.3) is 0 Å². The summed E-state index contributed by atoms with van der Waals surface area (Å²) in [6.07, 6.45) is -6.76. The smallest absolute Gasteiger partial charge is 0.417 e. The number of carboxylic acid groups (broad SMARTS) is 1. The third-order valence-corrected chi connectivity index (χ3v) is 2.66. The highest BCUT2D eigenvalue weighted by Gasteiger charge is 2.35. The molecule has 0 amide bonds. The van der Waals surface area contributed by atoms with Crippen LogP contribution < -0.4 is 5.73 Å². The Labute approximate surface area is 102 Å². The fourth-order valence-corrected chi connectivity index (χ4v) is 1.78. The number of anilines is 1. The van der Waals surface area contributed by atoms with Crippen LogP contribution in [0.2, 0.25) is 0 Å². The van der Waals surface area contributed by atoms with E-state index in [2.05, 4.69) is 15.9 Å². The van der Waals surface area contributed by atoms with Crippen molar-refractivity contribution >= 4 is 27.6 Å². The van der Waals surface area contributed by atoms with Crippen LogP contribution in [-0.4, -0.2) is 16.2 Å². The van der Waals surface area contributed by atoms with Gasteiger partial charge in [0.1, 0.15) is 0 Å². The molecule has 1 atom stereocenters. The van der Waals surface area contributed by atoms with Crippen LogP contribution in [0.15, 0.2) is 16.6 Å². The Morgan fingerprint density at radius 3 is 2.35 bits per heavy atom. The van der Waals surface area contributed by atoms with E-state index < -0.39 is 29.4 Å². The Morgan fingerprint density at radius 2 is 1.94 bits per heavy atom. The highest BCUT2D eigenvalue weighted by Crippen LogP contribution is 2.38. The molecule has 0 aromatic heterocycles. The molecule has 17 heavy (non-hydrogen) atoms. The minimum atomic E-state index is -4.67. The van der Waals surface area contributed by atoms with Crippen LogP contribution in [0, 0.1) is 0 Å². The summed E-state index contributed by atoms with van der Waals surface area (Å²) in [6.45, 7) is 0. The summed E-state index contributed by atoms with van der Waals surface area (Å²) in [4.78, 5) is 10.5. The Morgan fingerprint density at radius 1 is 1.41 bits per heavy atom. The monoisotopic (exact) mass is 313 g/mol. The van der Waals surface area contributed by atoms with E-state index in [0.29, 0.717) is 6.07 Å². The summed E-state index contributed by atoms with van der Waals surface area (Å²) in [7, 11) is 0. The minimum absolute atomic E-state index is 0.236. The number of carbonyl (C=O) groups is 1. The summed E-state index contributed by atoms with van der Waals surface area (Å²) in [5.74, 6) is -1.67. The van der Waals surface area contributed by atoms with Gasteiger partial charge in [0.2, 0.25) is 0 Å². The summed E-state index contributed by atoms with van der Waals surface area (Å²) in [5.41, 5.74) is 3.53. The van der Waals surface area contributed by atoms with Crippen LogP contribution in [-0.2, 0) is 11.0 Å². The maximum Gasteiger partial charge on any atom is 0.417 e. The number of nitrogens with two attached hydrogens (primary N) is 1. The molecule has 0 aliphatic heterocycles. The summed E-state index contributed by atoms with van der Waals surface area (Å²) in [6, 6.07) is 1.42. The molecule has 94 valence electrons. The molecule has 8 heteroatoms. The van der Waals surface area contributed by atoms with Gasteiger partial charge in [-0.3, -0.25) is 0 Å². The molecule has 4 nitrogen and oxygen atoms in total. The maximum absolute atomic E-state index is 12.5. The lowest BCUT2D eigenvalue weighted by atomic mass is 10.0. The number of aliphatic hydroxyl groups is 1. The Balaban J connectivity index is 3.39. The average Bonchev–Trinajstić information content (AvgIpc) is 2.14. The molecule has 0 radical (unpaired) electrons. The molecule has 4 N–H and O–H groups in total. The van der Waals surface area contributed by atoms with Crippen molar-refractivity contribution in [1.29, 1.82) is 0 Å². The molecule has 1 unspecified atom stereocenters. The number of alkyl halides is 3. The largest absolute Gasteiger partial charge is 0.479 e. The van der Waals surface area contributed by atoms with Crippen molar-refractivity contribution in [2.75, 3.05) is 5.73 Å². The van der Waals surface area contributed by atoms with Crippen LogP contribution in [0.4, 0.5) is 18.9 Å². The lowest BCUT2D eigenvalue weighted by Gasteiger charge is -2.15. The van der Waals surface area contributed by atoms with Crippen molar-refractivity contribution in [2.45, 2.75) is 12.3 Å². The van der Waals surface area contributed by atoms with Gasteiger partial charge in [-0.2, -0.15) is 13.2 Å². The summed E-state index contributed by atoms with van der Waals surface area (Å²) in [5, 5.41) is 17.7. The lowest BCUT2D eigenvalue weighted by Crippen LogP contribution is -2.15. The van der Waals surface area contributed by atoms with Gasteiger partial charge in [0.05, 0.1) is 5.56 Å². The number of carboxylic acids is 1. The number of rotatable bonds is 2. The van der Waals surface area contributed by atoms with E-state index in [0.717, 1.165) is 6.07 Å². The fourth-order valence-electron chi connectivity index (χ4n) is 1.19. The van der Waals surface area contributed by atoms with E-state index in [9.17, 15) is 23.1 Å². The molecule has 0 saturated heterocycles. The molecule has 0 saturated carbocycles. The predicted molar refractivity (Wildman–Crippen MR) is 56.2 cm³/mol. The van der Waals surface area contributed by atoms with Crippen LogP contribution in [0.3, 0.4) is 0 Å². The van der Waals surface area contributed by atoms with Gasteiger partial charge in [-0.1, -0.05) is 15.9 Å². The molecule has 0 fully saturated rings. The molecule has 0 bridgehead atoms. The van der Waals surface area contributed by atoms with Gasteiger partial charge >= 0.3 is 12.1 Å². The second-order valence-corrected chi connectivity index (χ2v) is 4.05. The van der Waals surface area contributed by atoms with E-state index in [-0.39, 0.29) is 10.2 Å². The van der Waals surface area contributed by atoms with Crippen molar-refractivity contribution in [3.8, 4) is 0 Å². The van der Waals surface area contributed by atoms with Gasteiger partial charge in [-0.25, -0.2) is 4.79 Å². The molecule has 1 aromatic rings. The normalized spacial score (nSPS) is 13.5. The van der Waals surface area contributed by atoms with E-state index in [1.807, 2.05) is 0 Å². The topological polar surface area (TPSA) is 83.5 Å². The van der Waals surface area contributed by atoms with Gasteiger partial charge in [0.25, 0.3) is 0 Å². The van der Waals surface area contributed by atoms with E-state index >= 15 is 0 Å². The van der Waals surface area contributed by atoms with Crippen LogP contribution >= 0.6 is 15.9 Å². The fraction of sp³-hybridized carbons (Fsp3) is 0.222. The van der Waals surface area contributed by atoms with Gasteiger partial charge in [0, 0.05) is 15.7 Å². The Kier molecular flexibility index (Phi) is 3.68. The molecule has 1 rings (SSSR count). The molecule has 1 aromatic carbocycles. The Hall–Kier alpha value is -1.28. The van der Waals surface area contributed by atoms with Crippen LogP contribution in [0.1, 0.15) is 17.2 Å². The molecular formula is C9H7BrF3NO3. The number of benzene rings is 1.